The maximum atomic E-state index is 12.6. The van der Waals surface area contributed by atoms with Crippen LogP contribution in [0.2, 0.25) is 0 Å². The highest BCUT2D eigenvalue weighted by molar-refractivity contribution is 7.89. The summed E-state index contributed by atoms with van der Waals surface area (Å²) in [4.78, 5) is 14.8. The Morgan fingerprint density at radius 2 is 1.74 bits per heavy atom. The van der Waals surface area contributed by atoms with Gasteiger partial charge in [-0.15, -0.1) is 0 Å². The molecule has 2 heterocycles. The molecule has 0 aliphatic carbocycles. The Morgan fingerprint density at radius 1 is 1.07 bits per heavy atom. The van der Waals surface area contributed by atoms with Crippen LogP contribution in [-0.2, 0) is 10.0 Å². The highest BCUT2D eigenvalue weighted by atomic mass is 32.2. The van der Waals surface area contributed by atoms with E-state index in [1.807, 2.05) is 24.3 Å². The highest BCUT2D eigenvalue weighted by Crippen LogP contribution is 2.29. The van der Waals surface area contributed by atoms with E-state index in [4.69, 9.17) is 4.42 Å². The van der Waals surface area contributed by atoms with Crippen molar-refractivity contribution in [1.82, 2.24) is 4.72 Å². The van der Waals surface area contributed by atoms with E-state index < -0.39 is 21.5 Å². The molecule has 0 saturated carbocycles. The number of sulfonamides is 1. The van der Waals surface area contributed by atoms with Crippen LogP contribution in [0, 0.1) is 0 Å². The summed E-state index contributed by atoms with van der Waals surface area (Å²) in [7, 11) is -3.83. The lowest BCUT2D eigenvalue weighted by Crippen LogP contribution is -2.40. The number of carbonyl (C=O) groups is 1. The van der Waals surface area contributed by atoms with Gasteiger partial charge in [-0.25, -0.2) is 13.1 Å². The van der Waals surface area contributed by atoms with E-state index in [2.05, 4.69) is 14.9 Å². The third-order valence-corrected chi connectivity index (χ3v) is 5.74. The van der Waals surface area contributed by atoms with Gasteiger partial charge in [0.1, 0.15) is 0 Å². The molecule has 8 heteroatoms. The maximum Gasteiger partial charge on any atom is 0.291 e. The predicted molar refractivity (Wildman–Crippen MR) is 105 cm³/mol. The maximum absolute atomic E-state index is 12.6. The number of para-hydroxylation sites is 2. The summed E-state index contributed by atoms with van der Waals surface area (Å²) in [6.07, 6.45) is 2.25. The fraction of sp³-hybridized carbons (Fsp3) is 0.421. The monoisotopic (exact) mass is 391 g/mol. The molecule has 1 aliphatic rings. The van der Waals surface area contributed by atoms with Gasteiger partial charge in [-0.3, -0.25) is 4.79 Å². The molecule has 3 rings (SSSR count). The van der Waals surface area contributed by atoms with Gasteiger partial charge in [0.2, 0.25) is 5.09 Å². The van der Waals surface area contributed by atoms with Crippen LogP contribution in [0.5, 0.6) is 0 Å². The van der Waals surface area contributed by atoms with Crippen LogP contribution in [0.4, 0.5) is 11.4 Å². The average Bonchev–Trinajstić information content (AvgIpc) is 3.25. The van der Waals surface area contributed by atoms with E-state index in [9.17, 15) is 13.2 Å². The molecule has 1 amide bonds. The van der Waals surface area contributed by atoms with E-state index in [0.29, 0.717) is 5.69 Å². The molecule has 146 valence electrons. The Kier molecular flexibility index (Phi) is 5.30. The third kappa shape index (κ3) is 4.70. The summed E-state index contributed by atoms with van der Waals surface area (Å²) < 4.78 is 32.5. The molecule has 1 aliphatic heterocycles. The van der Waals surface area contributed by atoms with Crippen molar-refractivity contribution in [1.29, 1.82) is 0 Å². The fourth-order valence-electron chi connectivity index (χ4n) is 3.04. The van der Waals surface area contributed by atoms with Crippen molar-refractivity contribution in [2.45, 2.75) is 44.2 Å². The summed E-state index contributed by atoms with van der Waals surface area (Å²) in [6.45, 7) is 7.10. The third-order valence-electron chi connectivity index (χ3n) is 4.11. The van der Waals surface area contributed by atoms with Gasteiger partial charge in [-0.2, -0.15) is 0 Å². The topological polar surface area (TPSA) is 91.6 Å². The van der Waals surface area contributed by atoms with Crippen LogP contribution in [0.1, 0.15) is 44.2 Å². The van der Waals surface area contributed by atoms with Crippen LogP contribution in [0.15, 0.2) is 45.9 Å². The smallest absolute Gasteiger partial charge is 0.291 e. The van der Waals surface area contributed by atoms with Crippen molar-refractivity contribution in [3.05, 3.63) is 42.2 Å². The number of benzene rings is 1. The summed E-state index contributed by atoms with van der Waals surface area (Å²) in [6, 6.07) is 10.2. The Bertz CT molecular complexity index is 922. The Morgan fingerprint density at radius 3 is 2.41 bits per heavy atom. The van der Waals surface area contributed by atoms with Crippen LogP contribution >= 0.6 is 0 Å². The largest absolute Gasteiger partial charge is 0.438 e. The van der Waals surface area contributed by atoms with E-state index >= 15 is 0 Å². The zero-order chi connectivity index (χ0) is 19.7. The second kappa shape index (κ2) is 7.36. The van der Waals surface area contributed by atoms with Gasteiger partial charge < -0.3 is 14.6 Å². The van der Waals surface area contributed by atoms with Crippen LogP contribution in [0.3, 0.4) is 0 Å². The van der Waals surface area contributed by atoms with E-state index in [0.717, 1.165) is 31.6 Å². The predicted octanol–water partition coefficient (Wildman–Crippen LogP) is 3.21. The normalized spacial score (nSPS) is 15.1. The molecule has 2 N–H and O–H groups in total. The number of hydrogen-bond donors (Lipinski definition) is 2. The molecule has 7 nitrogen and oxygen atoms in total. The number of hydrogen-bond acceptors (Lipinski definition) is 5. The van der Waals surface area contributed by atoms with Crippen molar-refractivity contribution in [2.75, 3.05) is 23.3 Å². The average molecular weight is 391 g/mol. The molecule has 27 heavy (non-hydrogen) atoms. The summed E-state index contributed by atoms with van der Waals surface area (Å²) in [5.74, 6) is -0.542. The Balaban J connectivity index is 1.78. The Hall–Kier alpha value is -2.32. The van der Waals surface area contributed by atoms with Crippen molar-refractivity contribution in [3.63, 3.8) is 0 Å². The molecule has 0 unspecified atom stereocenters. The molecular formula is C19H25N3O4S. The van der Waals surface area contributed by atoms with E-state index in [1.165, 1.54) is 12.1 Å². The molecule has 0 atom stereocenters. The first-order valence-corrected chi connectivity index (χ1v) is 10.4. The molecule has 0 radical (unpaired) electrons. The van der Waals surface area contributed by atoms with Crippen LogP contribution < -0.4 is 14.9 Å². The van der Waals surface area contributed by atoms with E-state index in [1.54, 1.807) is 20.8 Å². The number of amides is 1. The first-order chi connectivity index (χ1) is 12.7. The number of furan rings is 1. The molecule has 1 aromatic carbocycles. The minimum atomic E-state index is -3.83. The number of nitrogens with one attached hydrogen (secondary N) is 2. The zero-order valence-corrected chi connectivity index (χ0v) is 16.6. The zero-order valence-electron chi connectivity index (χ0n) is 15.8. The SMILES string of the molecule is CC(C)(C)NS(=O)(=O)c1ccc(C(=O)Nc2ccccc2N2CCCC2)o1. The van der Waals surface area contributed by atoms with Crippen molar-refractivity contribution in [3.8, 4) is 0 Å². The second-order valence-electron chi connectivity index (χ2n) is 7.64. The molecule has 0 spiro atoms. The highest BCUT2D eigenvalue weighted by Gasteiger charge is 2.26. The summed E-state index contributed by atoms with van der Waals surface area (Å²) in [5, 5.41) is 2.55. The van der Waals surface area contributed by atoms with Gasteiger partial charge in [0.15, 0.2) is 5.76 Å². The van der Waals surface area contributed by atoms with Gasteiger partial charge in [0.25, 0.3) is 15.9 Å². The van der Waals surface area contributed by atoms with Crippen molar-refractivity contribution in [2.24, 2.45) is 0 Å². The lowest BCUT2D eigenvalue weighted by atomic mass is 10.1. The van der Waals surface area contributed by atoms with Crippen LogP contribution in [0.25, 0.3) is 0 Å². The van der Waals surface area contributed by atoms with Gasteiger partial charge >= 0.3 is 0 Å². The number of nitrogens with zero attached hydrogens (tertiary/aromatic N) is 1. The van der Waals surface area contributed by atoms with Gasteiger partial charge in [-0.05, 0) is 57.9 Å². The minimum Gasteiger partial charge on any atom is -0.438 e. The van der Waals surface area contributed by atoms with E-state index in [-0.39, 0.29) is 10.9 Å². The molecular weight excluding hydrogens is 366 g/mol. The summed E-state index contributed by atoms with van der Waals surface area (Å²) in [5.41, 5.74) is 0.984. The van der Waals surface area contributed by atoms with Crippen molar-refractivity contribution >= 4 is 27.3 Å². The molecule has 1 saturated heterocycles. The first-order valence-electron chi connectivity index (χ1n) is 8.95. The lowest BCUT2D eigenvalue weighted by molar-refractivity contribution is 0.0991. The second-order valence-corrected chi connectivity index (χ2v) is 9.25. The van der Waals surface area contributed by atoms with Crippen molar-refractivity contribution < 1.29 is 17.6 Å². The first kappa shape index (κ1) is 19.4. The minimum absolute atomic E-state index is 0.0551. The Labute approximate surface area is 159 Å². The van der Waals surface area contributed by atoms with Gasteiger partial charge in [0.05, 0.1) is 11.4 Å². The quantitative estimate of drug-likeness (QED) is 0.817. The lowest BCUT2D eigenvalue weighted by Gasteiger charge is -2.21. The number of rotatable bonds is 5. The standard InChI is InChI=1S/C19H25N3O4S/c1-19(2,3)21-27(24,25)17-11-10-16(26-17)18(23)20-14-8-4-5-9-15(14)22-12-6-7-13-22/h4-5,8-11,21H,6-7,12-13H2,1-3H3,(H,20,23). The summed E-state index contributed by atoms with van der Waals surface area (Å²) >= 11 is 0. The van der Waals surface area contributed by atoms with Gasteiger partial charge in [0, 0.05) is 18.6 Å². The number of carbonyl (C=O) groups excluding carboxylic acids is 1. The fourth-order valence-corrected chi connectivity index (χ4v) is 4.39. The van der Waals surface area contributed by atoms with Crippen LogP contribution in [-0.4, -0.2) is 33.0 Å². The molecule has 1 fully saturated rings. The number of anilines is 2. The molecule has 2 aromatic rings. The van der Waals surface area contributed by atoms with Gasteiger partial charge in [-0.1, -0.05) is 12.1 Å². The molecule has 0 bridgehead atoms. The molecule has 1 aromatic heterocycles.